The van der Waals surface area contributed by atoms with Gasteiger partial charge in [-0.15, -0.1) is 11.3 Å². The van der Waals surface area contributed by atoms with Gasteiger partial charge in [-0.2, -0.15) is 0 Å². The first-order valence-electron chi connectivity index (χ1n) is 8.06. The molecule has 1 aromatic heterocycles. The number of thiophene rings is 1. The highest BCUT2D eigenvalue weighted by molar-refractivity contribution is 7.21. The summed E-state index contributed by atoms with van der Waals surface area (Å²) in [6.45, 7) is 2.91. The first-order chi connectivity index (χ1) is 12.8. The van der Waals surface area contributed by atoms with Crippen LogP contribution in [-0.2, 0) is 14.3 Å². The molecule has 1 unspecified atom stereocenters. The van der Waals surface area contributed by atoms with Gasteiger partial charge in [-0.1, -0.05) is 29.8 Å². The van der Waals surface area contributed by atoms with Gasteiger partial charge in [0.15, 0.2) is 6.10 Å². The molecule has 1 heterocycles. The molecular formula is C17H18ClN3O5S. The summed E-state index contributed by atoms with van der Waals surface area (Å²) in [5.41, 5.74) is 0. The predicted octanol–water partition coefficient (Wildman–Crippen LogP) is 2.06. The Morgan fingerprint density at radius 2 is 1.89 bits per heavy atom. The molecule has 0 spiro atoms. The number of hydrogen-bond acceptors (Lipinski definition) is 6. The number of imide groups is 1. The number of fused-ring (bicyclic) bond motifs is 1. The van der Waals surface area contributed by atoms with E-state index in [1.807, 2.05) is 23.5 Å². The Hall–Kier alpha value is -2.65. The largest absolute Gasteiger partial charge is 0.451 e. The molecule has 8 nitrogen and oxygen atoms in total. The number of ether oxygens (including phenoxy) is 1. The van der Waals surface area contributed by atoms with E-state index in [9.17, 15) is 19.2 Å². The third-order valence-electron chi connectivity index (χ3n) is 3.39. The smallest absolute Gasteiger partial charge is 0.326 e. The van der Waals surface area contributed by atoms with Crippen molar-refractivity contribution in [2.45, 2.75) is 20.0 Å². The van der Waals surface area contributed by atoms with Gasteiger partial charge >= 0.3 is 12.0 Å². The molecular weight excluding hydrogens is 394 g/mol. The van der Waals surface area contributed by atoms with Gasteiger partial charge in [0.1, 0.15) is 11.4 Å². The number of esters is 1. The van der Waals surface area contributed by atoms with Gasteiger partial charge < -0.3 is 15.4 Å². The van der Waals surface area contributed by atoms with Crippen LogP contribution in [0.2, 0.25) is 5.02 Å². The summed E-state index contributed by atoms with van der Waals surface area (Å²) in [5, 5.41) is 7.89. The lowest BCUT2D eigenvalue weighted by molar-refractivity contribution is -0.153. The summed E-state index contributed by atoms with van der Waals surface area (Å²) >= 11 is 7.42. The molecule has 144 valence electrons. The summed E-state index contributed by atoms with van der Waals surface area (Å²) in [7, 11) is 0. The summed E-state index contributed by atoms with van der Waals surface area (Å²) in [6.07, 6.45) is -1.19. The zero-order chi connectivity index (χ0) is 20.0. The minimum atomic E-state index is -1.19. The van der Waals surface area contributed by atoms with Gasteiger partial charge in [0, 0.05) is 16.6 Å². The van der Waals surface area contributed by atoms with E-state index < -0.39 is 36.5 Å². The Morgan fingerprint density at radius 3 is 2.56 bits per heavy atom. The molecule has 0 fully saturated rings. The highest BCUT2D eigenvalue weighted by atomic mass is 35.5. The van der Waals surface area contributed by atoms with E-state index in [4.69, 9.17) is 16.3 Å². The Kier molecular flexibility index (Phi) is 7.14. The Labute approximate surface area is 164 Å². The monoisotopic (exact) mass is 411 g/mol. The van der Waals surface area contributed by atoms with Crippen molar-refractivity contribution in [2.24, 2.45) is 0 Å². The molecule has 4 amide bonds. The number of amides is 4. The van der Waals surface area contributed by atoms with Crippen LogP contribution in [-0.4, -0.2) is 43.0 Å². The van der Waals surface area contributed by atoms with Crippen LogP contribution in [0.1, 0.15) is 23.5 Å². The third-order valence-corrected chi connectivity index (χ3v) is 5.06. The number of rotatable bonds is 6. The van der Waals surface area contributed by atoms with Gasteiger partial charge in [-0.25, -0.2) is 4.79 Å². The first-order valence-corrected chi connectivity index (χ1v) is 9.26. The lowest BCUT2D eigenvalue weighted by Crippen LogP contribution is -2.45. The minimum Gasteiger partial charge on any atom is -0.451 e. The summed E-state index contributed by atoms with van der Waals surface area (Å²) in [6, 6.07) is 6.60. The molecule has 2 rings (SSSR count). The van der Waals surface area contributed by atoms with E-state index in [2.05, 4.69) is 10.6 Å². The van der Waals surface area contributed by atoms with Gasteiger partial charge in [-0.3, -0.25) is 19.7 Å². The minimum absolute atomic E-state index is 0.285. The third kappa shape index (κ3) is 5.41. The zero-order valence-electron chi connectivity index (χ0n) is 14.6. The van der Waals surface area contributed by atoms with Gasteiger partial charge in [0.25, 0.3) is 11.8 Å². The van der Waals surface area contributed by atoms with Crippen LogP contribution < -0.4 is 16.0 Å². The number of halogens is 1. The molecule has 0 aliphatic rings. The Bertz CT molecular complexity index is 883. The number of hydrogen-bond donors (Lipinski definition) is 3. The first kappa shape index (κ1) is 20.7. The fourth-order valence-electron chi connectivity index (χ4n) is 2.10. The van der Waals surface area contributed by atoms with Crippen LogP contribution in [0.5, 0.6) is 0 Å². The highest BCUT2D eigenvalue weighted by Crippen LogP contribution is 2.34. The number of carbonyl (C=O) groups is 4. The Morgan fingerprint density at radius 1 is 1.19 bits per heavy atom. The van der Waals surface area contributed by atoms with E-state index >= 15 is 0 Å². The highest BCUT2D eigenvalue weighted by Gasteiger charge is 2.21. The van der Waals surface area contributed by atoms with Crippen LogP contribution in [0.15, 0.2) is 24.3 Å². The molecule has 0 aliphatic carbocycles. The second kappa shape index (κ2) is 9.33. The van der Waals surface area contributed by atoms with Crippen molar-refractivity contribution in [1.82, 2.24) is 16.0 Å². The van der Waals surface area contributed by atoms with E-state index in [-0.39, 0.29) is 4.88 Å². The van der Waals surface area contributed by atoms with Gasteiger partial charge in [-0.05, 0) is 19.9 Å². The number of nitrogens with one attached hydrogen (secondary N) is 3. The van der Waals surface area contributed by atoms with Crippen molar-refractivity contribution in [3.05, 3.63) is 34.2 Å². The van der Waals surface area contributed by atoms with E-state index in [0.717, 1.165) is 10.1 Å². The molecule has 0 saturated heterocycles. The van der Waals surface area contributed by atoms with E-state index in [0.29, 0.717) is 11.6 Å². The average Bonchev–Trinajstić information content (AvgIpc) is 2.97. The average molecular weight is 412 g/mol. The fraction of sp³-hybridized carbons (Fsp3) is 0.294. The number of benzene rings is 1. The fourth-order valence-corrected chi connectivity index (χ4v) is 3.54. The van der Waals surface area contributed by atoms with Crippen molar-refractivity contribution in [2.75, 3.05) is 13.1 Å². The van der Waals surface area contributed by atoms with Gasteiger partial charge in [0.2, 0.25) is 0 Å². The number of carbonyl (C=O) groups excluding carboxylic acids is 4. The van der Waals surface area contributed by atoms with Crippen molar-refractivity contribution < 1.29 is 23.9 Å². The maximum Gasteiger partial charge on any atom is 0.326 e. The van der Waals surface area contributed by atoms with Crippen LogP contribution in [0.3, 0.4) is 0 Å². The van der Waals surface area contributed by atoms with Crippen LogP contribution in [0, 0.1) is 0 Å². The molecule has 2 aromatic rings. The molecule has 0 aliphatic heterocycles. The molecule has 0 bridgehead atoms. The molecule has 3 N–H and O–H groups in total. The van der Waals surface area contributed by atoms with Crippen molar-refractivity contribution >= 4 is 56.8 Å². The number of urea groups is 1. The maximum absolute atomic E-state index is 12.3. The van der Waals surface area contributed by atoms with E-state index in [1.54, 1.807) is 13.0 Å². The molecule has 10 heteroatoms. The normalized spacial score (nSPS) is 11.5. The molecule has 0 saturated carbocycles. The molecule has 1 atom stereocenters. The molecule has 27 heavy (non-hydrogen) atoms. The standard InChI is InChI=1S/C17H18ClN3O5S/c1-3-19-17(25)21-15(23)9(2)26-12(22)8-20-16(24)14-13(18)10-6-4-5-7-11(10)27-14/h4-7,9H,3,8H2,1-2H3,(H,20,24)(H2,19,21,23,25). The topological polar surface area (TPSA) is 114 Å². The Balaban J connectivity index is 1.87. The van der Waals surface area contributed by atoms with Crippen molar-refractivity contribution in [1.29, 1.82) is 0 Å². The van der Waals surface area contributed by atoms with Crippen molar-refractivity contribution in [3.8, 4) is 0 Å². The van der Waals surface area contributed by atoms with Crippen molar-refractivity contribution in [3.63, 3.8) is 0 Å². The predicted molar refractivity (Wildman–Crippen MR) is 102 cm³/mol. The van der Waals surface area contributed by atoms with E-state index in [1.165, 1.54) is 18.3 Å². The lowest BCUT2D eigenvalue weighted by Gasteiger charge is -2.13. The summed E-state index contributed by atoms with van der Waals surface area (Å²) < 4.78 is 5.74. The lowest BCUT2D eigenvalue weighted by atomic mass is 10.2. The summed E-state index contributed by atoms with van der Waals surface area (Å²) in [5.74, 6) is -2.11. The van der Waals surface area contributed by atoms with Crippen LogP contribution >= 0.6 is 22.9 Å². The van der Waals surface area contributed by atoms with Gasteiger partial charge in [0.05, 0.1) is 5.02 Å². The summed E-state index contributed by atoms with van der Waals surface area (Å²) in [4.78, 5) is 47.3. The molecule has 0 radical (unpaired) electrons. The van der Waals surface area contributed by atoms with Crippen LogP contribution in [0.25, 0.3) is 10.1 Å². The second-order valence-corrected chi connectivity index (χ2v) is 6.83. The van der Waals surface area contributed by atoms with Crippen LogP contribution in [0.4, 0.5) is 4.79 Å². The zero-order valence-corrected chi connectivity index (χ0v) is 16.2. The maximum atomic E-state index is 12.3. The quantitative estimate of drug-likeness (QED) is 0.629. The second-order valence-electron chi connectivity index (χ2n) is 5.40. The molecule has 1 aromatic carbocycles. The SMILES string of the molecule is CCNC(=O)NC(=O)C(C)OC(=O)CNC(=O)c1sc2ccccc2c1Cl.